The highest BCUT2D eigenvalue weighted by atomic mass is 79.9. The van der Waals surface area contributed by atoms with Crippen LogP contribution in [0.4, 0.5) is 4.39 Å². The minimum absolute atomic E-state index is 0.264. The van der Waals surface area contributed by atoms with Gasteiger partial charge in [-0.3, -0.25) is 4.40 Å². The predicted octanol–water partition coefficient (Wildman–Crippen LogP) is 4.21. The zero-order chi connectivity index (χ0) is 12.7. The minimum atomic E-state index is -0.264. The lowest BCUT2D eigenvalue weighted by molar-refractivity contribution is 0.630. The fourth-order valence-corrected chi connectivity index (χ4v) is 2.56. The summed E-state index contributed by atoms with van der Waals surface area (Å²) in [5, 5.41) is 0. The molecule has 90 valence electrons. The third-order valence-electron chi connectivity index (χ3n) is 2.93. The third kappa shape index (κ3) is 1.64. The molecule has 0 saturated carbocycles. The first-order chi connectivity index (χ1) is 8.68. The van der Waals surface area contributed by atoms with Gasteiger partial charge in [0.25, 0.3) is 0 Å². The van der Waals surface area contributed by atoms with Crippen molar-refractivity contribution in [2.24, 2.45) is 0 Å². The van der Waals surface area contributed by atoms with Crippen molar-refractivity contribution in [1.29, 1.82) is 0 Å². The van der Waals surface area contributed by atoms with Gasteiger partial charge in [0.15, 0.2) is 0 Å². The van der Waals surface area contributed by atoms with E-state index < -0.39 is 0 Å². The second-order valence-corrected chi connectivity index (χ2v) is 4.85. The molecule has 0 amide bonds. The van der Waals surface area contributed by atoms with Crippen molar-refractivity contribution in [1.82, 2.24) is 9.38 Å². The van der Waals surface area contributed by atoms with E-state index in [0.717, 1.165) is 15.8 Å². The molecule has 0 saturated heterocycles. The normalized spacial score (nSPS) is 11.1. The number of aromatic nitrogens is 2. The Bertz CT molecular complexity index is 734. The molecule has 0 spiro atoms. The van der Waals surface area contributed by atoms with Gasteiger partial charge in [-0.2, -0.15) is 0 Å². The number of pyridine rings is 1. The highest BCUT2D eigenvalue weighted by Gasteiger charge is 2.14. The van der Waals surface area contributed by atoms with Crippen molar-refractivity contribution in [3.63, 3.8) is 0 Å². The van der Waals surface area contributed by atoms with Crippen LogP contribution in [0, 0.1) is 12.7 Å². The Hall–Kier alpha value is -1.68. The molecule has 0 aliphatic carbocycles. The SMILES string of the molecule is Cc1cccc2c(Br)nc(-c3ccccc3F)n12. The van der Waals surface area contributed by atoms with Crippen LogP contribution in [0.15, 0.2) is 47.1 Å². The van der Waals surface area contributed by atoms with Crippen LogP contribution >= 0.6 is 15.9 Å². The molecule has 0 atom stereocenters. The predicted molar refractivity (Wildman–Crippen MR) is 73.0 cm³/mol. The lowest BCUT2D eigenvalue weighted by Gasteiger charge is -2.05. The number of hydrogen-bond acceptors (Lipinski definition) is 1. The molecule has 2 nitrogen and oxygen atoms in total. The van der Waals surface area contributed by atoms with E-state index in [1.807, 2.05) is 35.6 Å². The molecule has 2 aromatic heterocycles. The van der Waals surface area contributed by atoms with Crippen molar-refractivity contribution in [3.05, 3.63) is 58.6 Å². The summed E-state index contributed by atoms with van der Waals surface area (Å²) in [5.41, 5.74) is 2.46. The highest BCUT2D eigenvalue weighted by molar-refractivity contribution is 9.10. The largest absolute Gasteiger partial charge is 0.296 e. The van der Waals surface area contributed by atoms with Crippen molar-refractivity contribution in [2.45, 2.75) is 6.92 Å². The van der Waals surface area contributed by atoms with E-state index in [4.69, 9.17) is 0 Å². The number of aryl methyl sites for hydroxylation is 1. The number of halogens is 2. The maximum atomic E-state index is 13.9. The monoisotopic (exact) mass is 304 g/mol. The lowest BCUT2D eigenvalue weighted by Crippen LogP contribution is -1.95. The van der Waals surface area contributed by atoms with Gasteiger partial charge in [-0.1, -0.05) is 18.2 Å². The van der Waals surface area contributed by atoms with Crippen LogP contribution < -0.4 is 0 Å². The van der Waals surface area contributed by atoms with Gasteiger partial charge in [0.05, 0.1) is 11.1 Å². The molecule has 0 fully saturated rings. The Balaban J connectivity index is 2.41. The number of imidazole rings is 1. The second kappa shape index (κ2) is 4.21. The smallest absolute Gasteiger partial charge is 0.149 e. The zero-order valence-electron chi connectivity index (χ0n) is 9.69. The van der Waals surface area contributed by atoms with E-state index in [1.165, 1.54) is 6.07 Å². The van der Waals surface area contributed by atoms with E-state index in [2.05, 4.69) is 20.9 Å². The molecule has 0 bridgehead atoms. The first-order valence-corrected chi connectivity index (χ1v) is 6.36. The van der Waals surface area contributed by atoms with Gasteiger partial charge >= 0.3 is 0 Å². The van der Waals surface area contributed by atoms with E-state index in [0.29, 0.717) is 11.4 Å². The Labute approximate surface area is 112 Å². The Morgan fingerprint density at radius 3 is 2.67 bits per heavy atom. The Morgan fingerprint density at radius 2 is 1.89 bits per heavy atom. The average Bonchev–Trinajstić information content (AvgIpc) is 2.69. The van der Waals surface area contributed by atoms with Gasteiger partial charge in [-0.05, 0) is 47.1 Å². The van der Waals surface area contributed by atoms with Gasteiger partial charge in [0.1, 0.15) is 16.2 Å². The quantitative estimate of drug-likeness (QED) is 0.658. The van der Waals surface area contributed by atoms with Crippen molar-refractivity contribution >= 4 is 21.4 Å². The van der Waals surface area contributed by atoms with Crippen LogP contribution in [-0.2, 0) is 0 Å². The number of hydrogen-bond donors (Lipinski definition) is 0. The van der Waals surface area contributed by atoms with Crippen LogP contribution in [-0.4, -0.2) is 9.38 Å². The molecule has 0 aliphatic heterocycles. The first kappa shape index (κ1) is 11.4. The molecule has 0 unspecified atom stereocenters. The van der Waals surface area contributed by atoms with Gasteiger partial charge in [0.2, 0.25) is 0 Å². The van der Waals surface area contributed by atoms with E-state index in [1.54, 1.807) is 12.1 Å². The second-order valence-electron chi connectivity index (χ2n) is 4.09. The lowest BCUT2D eigenvalue weighted by atomic mass is 10.2. The fourth-order valence-electron chi connectivity index (χ4n) is 2.08. The summed E-state index contributed by atoms with van der Waals surface area (Å²) in [6.45, 7) is 1.98. The van der Waals surface area contributed by atoms with Crippen molar-refractivity contribution in [2.75, 3.05) is 0 Å². The topological polar surface area (TPSA) is 17.3 Å². The van der Waals surface area contributed by atoms with Crippen LogP contribution in [0.2, 0.25) is 0 Å². The van der Waals surface area contributed by atoms with Gasteiger partial charge in [-0.15, -0.1) is 0 Å². The minimum Gasteiger partial charge on any atom is -0.296 e. The summed E-state index contributed by atoms with van der Waals surface area (Å²) in [6.07, 6.45) is 0. The average molecular weight is 305 g/mol. The van der Waals surface area contributed by atoms with Crippen LogP contribution in [0.3, 0.4) is 0 Å². The third-order valence-corrected chi connectivity index (χ3v) is 3.51. The molecule has 18 heavy (non-hydrogen) atoms. The summed E-state index contributed by atoms with van der Waals surface area (Å²) in [5.74, 6) is 0.355. The molecule has 1 aromatic carbocycles. The summed E-state index contributed by atoms with van der Waals surface area (Å²) in [6, 6.07) is 12.6. The van der Waals surface area contributed by atoms with E-state index in [9.17, 15) is 4.39 Å². The molecule has 4 heteroatoms. The van der Waals surface area contributed by atoms with E-state index >= 15 is 0 Å². The fraction of sp³-hybridized carbons (Fsp3) is 0.0714. The van der Waals surface area contributed by atoms with Gasteiger partial charge in [0, 0.05) is 5.69 Å². The molecule has 0 aliphatic rings. The van der Waals surface area contributed by atoms with Gasteiger partial charge in [-0.25, -0.2) is 9.37 Å². The molecule has 3 aromatic rings. The maximum absolute atomic E-state index is 13.9. The molecule has 0 N–H and O–H groups in total. The first-order valence-electron chi connectivity index (χ1n) is 5.57. The maximum Gasteiger partial charge on any atom is 0.149 e. The van der Waals surface area contributed by atoms with Crippen LogP contribution in [0.5, 0.6) is 0 Å². The molecular formula is C14H10BrFN2. The summed E-state index contributed by atoms with van der Waals surface area (Å²) in [7, 11) is 0. The number of rotatable bonds is 1. The standard InChI is InChI=1S/C14H10BrFN2/c1-9-5-4-8-12-13(15)17-14(18(9)12)10-6-2-3-7-11(10)16/h2-8H,1H3. The van der Waals surface area contributed by atoms with Crippen molar-refractivity contribution in [3.8, 4) is 11.4 Å². The van der Waals surface area contributed by atoms with Crippen LogP contribution in [0.25, 0.3) is 16.9 Å². The Morgan fingerprint density at radius 1 is 1.11 bits per heavy atom. The van der Waals surface area contributed by atoms with Gasteiger partial charge < -0.3 is 0 Å². The summed E-state index contributed by atoms with van der Waals surface area (Å²) >= 11 is 3.42. The molecule has 3 rings (SSSR count). The van der Waals surface area contributed by atoms with Crippen LogP contribution in [0.1, 0.15) is 5.69 Å². The summed E-state index contributed by atoms with van der Waals surface area (Å²) in [4.78, 5) is 4.42. The zero-order valence-corrected chi connectivity index (χ0v) is 11.3. The highest BCUT2D eigenvalue weighted by Crippen LogP contribution is 2.28. The van der Waals surface area contributed by atoms with E-state index in [-0.39, 0.29) is 5.82 Å². The summed E-state index contributed by atoms with van der Waals surface area (Å²) < 4.78 is 16.5. The number of fused-ring (bicyclic) bond motifs is 1. The van der Waals surface area contributed by atoms with Crippen molar-refractivity contribution < 1.29 is 4.39 Å². The number of benzene rings is 1. The molecule has 2 heterocycles. The Kier molecular flexibility index (Phi) is 2.67. The molecular weight excluding hydrogens is 295 g/mol. The molecule has 0 radical (unpaired) electrons. The number of nitrogens with zero attached hydrogens (tertiary/aromatic N) is 2.